The van der Waals surface area contributed by atoms with Crippen LogP contribution in [0.2, 0.25) is 0 Å². The van der Waals surface area contributed by atoms with E-state index in [1.165, 1.54) is 0 Å². The Hall–Kier alpha value is -0.650. The summed E-state index contributed by atoms with van der Waals surface area (Å²) in [7, 11) is 0. The number of hydrogen-bond donors (Lipinski definition) is 1. The zero-order valence-corrected chi connectivity index (χ0v) is 10.3. The van der Waals surface area contributed by atoms with Crippen LogP contribution in [0.1, 0.15) is 12.8 Å². The largest absolute Gasteiger partial charge is 0.396 e. The number of carbonyl (C=O) groups excluding carboxylic acids is 1. The van der Waals surface area contributed by atoms with Gasteiger partial charge in [-0.1, -0.05) is 0 Å². The van der Waals surface area contributed by atoms with Crippen LogP contribution in [0, 0.1) is 5.92 Å². The van der Waals surface area contributed by atoms with Crippen molar-refractivity contribution >= 4 is 5.91 Å². The number of nitrogens with zero attached hydrogens (tertiary/aromatic N) is 2. The van der Waals surface area contributed by atoms with Gasteiger partial charge in [-0.3, -0.25) is 4.79 Å². The molecule has 17 heavy (non-hydrogen) atoms. The first-order valence-electron chi connectivity index (χ1n) is 6.48. The highest BCUT2D eigenvalue weighted by Crippen LogP contribution is 2.15. The molecule has 0 radical (unpaired) electrons. The topological polar surface area (TPSA) is 53.0 Å². The quantitative estimate of drug-likeness (QED) is 0.709. The first-order valence-corrected chi connectivity index (χ1v) is 6.48. The van der Waals surface area contributed by atoms with Crippen LogP contribution in [0.25, 0.3) is 0 Å². The molecule has 5 nitrogen and oxygen atoms in total. The zero-order chi connectivity index (χ0) is 12.1. The van der Waals surface area contributed by atoms with E-state index in [2.05, 4.69) is 4.90 Å². The number of amides is 1. The third kappa shape index (κ3) is 3.66. The molecule has 0 spiro atoms. The van der Waals surface area contributed by atoms with Gasteiger partial charge in [0.05, 0.1) is 13.2 Å². The number of carbonyl (C=O) groups is 1. The van der Waals surface area contributed by atoms with Crippen LogP contribution >= 0.6 is 0 Å². The highest BCUT2D eigenvalue weighted by molar-refractivity contribution is 5.76. The van der Waals surface area contributed by atoms with E-state index in [0.29, 0.717) is 32.2 Å². The molecule has 1 N–H and O–H groups in total. The molecule has 0 aromatic heterocycles. The van der Waals surface area contributed by atoms with Crippen molar-refractivity contribution < 1.29 is 14.6 Å². The summed E-state index contributed by atoms with van der Waals surface area (Å²) >= 11 is 0. The summed E-state index contributed by atoms with van der Waals surface area (Å²) in [5.74, 6) is 0.720. The first-order chi connectivity index (χ1) is 8.29. The number of morpholine rings is 1. The van der Waals surface area contributed by atoms with Crippen molar-refractivity contribution in [2.45, 2.75) is 12.8 Å². The standard InChI is InChI=1S/C12H22N2O3/c15-10-11-8-13(9-11)3-1-2-12(16)14-4-6-17-7-5-14/h11,15H,1-10H2. The molecule has 98 valence electrons. The molecule has 2 rings (SSSR count). The minimum Gasteiger partial charge on any atom is -0.396 e. The van der Waals surface area contributed by atoms with Gasteiger partial charge in [-0.05, 0) is 13.0 Å². The van der Waals surface area contributed by atoms with Gasteiger partial charge in [0.2, 0.25) is 5.91 Å². The summed E-state index contributed by atoms with van der Waals surface area (Å²) in [6, 6.07) is 0. The monoisotopic (exact) mass is 242 g/mol. The van der Waals surface area contributed by atoms with Gasteiger partial charge in [-0.25, -0.2) is 0 Å². The molecule has 0 aromatic carbocycles. The maximum Gasteiger partial charge on any atom is 0.222 e. The van der Waals surface area contributed by atoms with Gasteiger partial charge in [0.25, 0.3) is 0 Å². The van der Waals surface area contributed by atoms with Gasteiger partial charge in [-0.15, -0.1) is 0 Å². The van der Waals surface area contributed by atoms with Crippen molar-refractivity contribution in [1.29, 1.82) is 0 Å². The number of ether oxygens (including phenoxy) is 1. The number of hydrogen-bond acceptors (Lipinski definition) is 4. The summed E-state index contributed by atoms with van der Waals surface area (Å²) in [5, 5.41) is 8.89. The molecule has 2 heterocycles. The molecule has 0 unspecified atom stereocenters. The van der Waals surface area contributed by atoms with E-state index in [9.17, 15) is 4.79 Å². The van der Waals surface area contributed by atoms with E-state index in [0.717, 1.165) is 39.1 Å². The first kappa shape index (κ1) is 12.8. The predicted molar refractivity (Wildman–Crippen MR) is 63.6 cm³/mol. The number of likely N-dealkylation sites (tertiary alicyclic amines) is 1. The molecule has 0 aliphatic carbocycles. The van der Waals surface area contributed by atoms with Gasteiger partial charge >= 0.3 is 0 Å². The molecule has 5 heteroatoms. The Balaban J connectivity index is 1.54. The molecular weight excluding hydrogens is 220 g/mol. The van der Waals surface area contributed by atoms with E-state index in [1.54, 1.807) is 0 Å². The summed E-state index contributed by atoms with van der Waals surface area (Å²) in [6.45, 7) is 6.09. The van der Waals surface area contributed by atoms with Crippen LogP contribution in [0.15, 0.2) is 0 Å². The van der Waals surface area contributed by atoms with Gasteiger partial charge in [0.1, 0.15) is 0 Å². The maximum atomic E-state index is 11.8. The van der Waals surface area contributed by atoms with E-state index in [4.69, 9.17) is 9.84 Å². The third-order valence-corrected chi connectivity index (χ3v) is 3.52. The van der Waals surface area contributed by atoms with Crippen LogP contribution in [0.3, 0.4) is 0 Å². The highest BCUT2D eigenvalue weighted by atomic mass is 16.5. The molecule has 1 amide bonds. The highest BCUT2D eigenvalue weighted by Gasteiger charge is 2.25. The van der Waals surface area contributed by atoms with Crippen LogP contribution < -0.4 is 0 Å². The van der Waals surface area contributed by atoms with Gasteiger partial charge in [-0.2, -0.15) is 0 Å². The second kappa shape index (κ2) is 6.33. The summed E-state index contributed by atoms with van der Waals surface area (Å²) in [6.07, 6.45) is 1.56. The third-order valence-electron chi connectivity index (χ3n) is 3.52. The summed E-state index contributed by atoms with van der Waals surface area (Å²) in [4.78, 5) is 16.0. The minimum absolute atomic E-state index is 0.257. The molecule has 0 bridgehead atoms. The van der Waals surface area contributed by atoms with Crippen LogP contribution in [-0.4, -0.2) is 73.4 Å². The Morgan fingerprint density at radius 2 is 2.00 bits per heavy atom. The minimum atomic E-state index is 0.257. The van der Waals surface area contributed by atoms with Crippen LogP contribution in [0.4, 0.5) is 0 Å². The average Bonchev–Trinajstić information content (AvgIpc) is 2.33. The van der Waals surface area contributed by atoms with E-state index in [-0.39, 0.29) is 5.91 Å². The van der Waals surface area contributed by atoms with Crippen molar-refractivity contribution in [1.82, 2.24) is 9.80 Å². The second-order valence-electron chi connectivity index (χ2n) is 4.90. The van der Waals surface area contributed by atoms with E-state index in [1.807, 2.05) is 4.90 Å². The Labute approximate surface area is 102 Å². The Morgan fingerprint density at radius 1 is 1.29 bits per heavy atom. The molecule has 2 fully saturated rings. The second-order valence-corrected chi connectivity index (χ2v) is 4.90. The molecule has 0 atom stereocenters. The zero-order valence-electron chi connectivity index (χ0n) is 10.3. The van der Waals surface area contributed by atoms with Gasteiger partial charge in [0, 0.05) is 45.1 Å². The van der Waals surface area contributed by atoms with Crippen molar-refractivity contribution in [2.24, 2.45) is 5.92 Å². The molecule has 2 aliphatic heterocycles. The molecule has 0 saturated carbocycles. The Morgan fingerprint density at radius 3 is 2.65 bits per heavy atom. The fraction of sp³-hybridized carbons (Fsp3) is 0.917. The van der Waals surface area contributed by atoms with Gasteiger partial charge < -0.3 is 19.6 Å². The number of rotatable bonds is 5. The van der Waals surface area contributed by atoms with Crippen molar-refractivity contribution in [3.8, 4) is 0 Å². The maximum absolute atomic E-state index is 11.8. The average molecular weight is 242 g/mol. The normalized spacial score (nSPS) is 22.5. The lowest BCUT2D eigenvalue weighted by molar-refractivity contribution is -0.135. The molecule has 0 aromatic rings. The number of aliphatic hydroxyl groups is 1. The van der Waals surface area contributed by atoms with Crippen LogP contribution in [0.5, 0.6) is 0 Å². The van der Waals surface area contributed by atoms with E-state index >= 15 is 0 Å². The van der Waals surface area contributed by atoms with Crippen molar-refractivity contribution in [3.05, 3.63) is 0 Å². The fourth-order valence-electron chi connectivity index (χ4n) is 2.40. The molecular formula is C12H22N2O3. The molecule has 2 saturated heterocycles. The van der Waals surface area contributed by atoms with Gasteiger partial charge in [0.15, 0.2) is 0 Å². The Kier molecular flexibility index (Phi) is 4.76. The predicted octanol–water partition coefficient (Wildman–Crippen LogP) is -0.450. The summed E-state index contributed by atoms with van der Waals surface area (Å²) in [5.41, 5.74) is 0. The van der Waals surface area contributed by atoms with E-state index < -0.39 is 0 Å². The molecule has 2 aliphatic rings. The number of aliphatic hydroxyl groups excluding tert-OH is 1. The summed E-state index contributed by atoms with van der Waals surface area (Å²) < 4.78 is 5.22. The fourth-order valence-corrected chi connectivity index (χ4v) is 2.40. The lowest BCUT2D eigenvalue weighted by Crippen LogP contribution is -2.48. The smallest absolute Gasteiger partial charge is 0.222 e. The van der Waals surface area contributed by atoms with Crippen molar-refractivity contribution in [3.63, 3.8) is 0 Å². The Bertz CT molecular complexity index is 248. The van der Waals surface area contributed by atoms with Crippen LogP contribution in [-0.2, 0) is 9.53 Å². The van der Waals surface area contributed by atoms with Crippen molar-refractivity contribution in [2.75, 3.05) is 52.5 Å². The SMILES string of the molecule is O=C(CCCN1CC(CO)C1)N1CCOCC1. The lowest BCUT2D eigenvalue weighted by atomic mass is 10.0. The lowest BCUT2D eigenvalue weighted by Gasteiger charge is -2.38.